The van der Waals surface area contributed by atoms with Crippen LogP contribution in [0.15, 0.2) is 0 Å². The van der Waals surface area contributed by atoms with Gasteiger partial charge in [-0.1, -0.05) is 6.42 Å². The average molecular weight is 277 g/mol. The van der Waals surface area contributed by atoms with Crippen LogP contribution in [0.1, 0.15) is 19.3 Å². The van der Waals surface area contributed by atoms with Gasteiger partial charge in [-0.3, -0.25) is 4.90 Å². The number of likely N-dealkylation sites (tertiary alicyclic amines) is 1. The van der Waals surface area contributed by atoms with Crippen LogP contribution in [0.5, 0.6) is 0 Å². The third-order valence-electron chi connectivity index (χ3n) is 2.59. The van der Waals surface area contributed by atoms with E-state index >= 15 is 0 Å². The van der Waals surface area contributed by atoms with E-state index in [2.05, 4.69) is 4.90 Å². The SMILES string of the molecule is O=C(O)C(O)C(O)C(=O)O.O=CCN1CCCCC1. The Balaban J connectivity index is 0.000000342. The van der Waals surface area contributed by atoms with Crippen LogP contribution >= 0.6 is 0 Å². The highest BCUT2D eigenvalue weighted by molar-refractivity contribution is 5.83. The van der Waals surface area contributed by atoms with Gasteiger partial charge in [-0.25, -0.2) is 9.59 Å². The second-order valence-electron chi connectivity index (χ2n) is 4.09. The van der Waals surface area contributed by atoms with Gasteiger partial charge in [-0.05, 0) is 25.9 Å². The Morgan fingerprint density at radius 3 is 1.74 bits per heavy atom. The van der Waals surface area contributed by atoms with Gasteiger partial charge in [0.05, 0.1) is 6.54 Å². The lowest BCUT2D eigenvalue weighted by Crippen LogP contribution is -2.39. The van der Waals surface area contributed by atoms with Gasteiger partial charge in [0.1, 0.15) is 6.29 Å². The predicted octanol–water partition coefficient (Wildman–Crippen LogP) is -1.45. The minimum Gasteiger partial charge on any atom is -0.479 e. The van der Waals surface area contributed by atoms with Gasteiger partial charge < -0.3 is 25.2 Å². The van der Waals surface area contributed by atoms with E-state index in [-0.39, 0.29) is 0 Å². The quantitative estimate of drug-likeness (QED) is 0.448. The number of aldehydes is 1. The number of carbonyl (C=O) groups is 3. The molecule has 8 heteroatoms. The molecule has 0 aromatic rings. The molecule has 1 heterocycles. The first kappa shape index (κ1) is 17.5. The largest absolute Gasteiger partial charge is 0.479 e. The van der Waals surface area contributed by atoms with Crippen molar-refractivity contribution in [3.63, 3.8) is 0 Å². The maximum absolute atomic E-state index is 10.0. The molecule has 0 bridgehead atoms. The Morgan fingerprint density at radius 1 is 1.00 bits per heavy atom. The molecule has 19 heavy (non-hydrogen) atoms. The van der Waals surface area contributed by atoms with Gasteiger partial charge >= 0.3 is 11.9 Å². The Hall–Kier alpha value is -1.51. The molecule has 0 radical (unpaired) electrons. The summed E-state index contributed by atoms with van der Waals surface area (Å²) in [4.78, 5) is 31.8. The summed E-state index contributed by atoms with van der Waals surface area (Å²) >= 11 is 0. The number of aliphatic hydroxyl groups excluding tert-OH is 2. The smallest absolute Gasteiger partial charge is 0.335 e. The van der Waals surface area contributed by atoms with Crippen LogP contribution in [0.4, 0.5) is 0 Å². The topological polar surface area (TPSA) is 135 Å². The number of carboxylic acid groups (broad SMARTS) is 2. The maximum Gasteiger partial charge on any atom is 0.335 e. The third kappa shape index (κ3) is 7.50. The highest BCUT2D eigenvalue weighted by atomic mass is 16.4. The van der Waals surface area contributed by atoms with Crippen LogP contribution in [0.2, 0.25) is 0 Å². The molecule has 0 spiro atoms. The summed E-state index contributed by atoms with van der Waals surface area (Å²) in [6.07, 6.45) is 0.345. The zero-order valence-electron chi connectivity index (χ0n) is 10.4. The summed E-state index contributed by atoms with van der Waals surface area (Å²) in [6.45, 7) is 2.89. The lowest BCUT2D eigenvalue weighted by Gasteiger charge is -2.23. The first-order chi connectivity index (χ1) is 8.90. The summed E-state index contributed by atoms with van der Waals surface area (Å²) in [5, 5.41) is 32.5. The first-order valence-electron chi connectivity index (χ1n) is 5.88. The number of carbonyl (C=O) groups excluding carboxylic acids is 1. The Kier molecular flexibility index (Phi) is 8.68. The highest BCUT2D eigenvalue weighted by Gasteiger charge is 2.29. The van der Waals surface area contributed by atoms with E-state index in [4.69, 9.17) is 20.4 Å². The van der Waals surface area contributed by atoms with Crippen LogP contribution in [0.3, 0.4) is 0 Å². The van der Waals surface area contributed by atoms with E-state index in [1.807, 2.05) is 0 Å². The molecule has 1 saturated heterocycles. The molecule has 0 saturated carbocycles. The number of hydrogen-bond acceptors (Lipinski definition) is 6. The van der Waals surface area contributed by atoms with Gasteiger partial charge in [0, 0.05) is 0 Å². The maximum atomic E-state index is 10.0. The van der Waals surface area contributed by atoms with Crippen molar-refractivity contribution in [1.82, 2.24) is 4.90 Å². The van der Waals surface area contributed by atoms with Gasteiger partial charge in [-0.15, -0.1) is 0 Å². The van der Waals surface area contributed by atoms with Crippen LogP contribution in [-0.2, 0) is 14.4 Å². The summed E-state index contributed by atoms with van der Waals surface area (Å²) in [5.41, 5.74) is 0. The number of piperidine rings is 1. The van der Waals surface area contributed by atoms with Crippen molar-refractivity contribution in [3.8, 4) is 0 Å². The van der Waals surface area contributed by atoms with Crippen molar-refractivity contribution in [3.05, 3.63) is 0 Å². The Labute approximate surface area is 110 Å². The molecule has 1 aliphatic heterocycles. The van der Waals surface area contributed by atoms with Gasteiger partial charge in [0.25, 0.3) is 0 Å². The fourth-order valence-electron chi connectivity index (χ4n) is 1.52. The van der Waals surface area contributed by atoms with E-state index in [9.17, 15) is 14.4 Å². The zero-order chi connectivity index (χ0) is 14.8. The molecule has 0 aliphatic carbocycles. The standard InChI is InChI=1S/C7H13NO.C4H6O6/c9-7-6-8-4-2-1-3-5-8;5-1(3(7)8)2(6)4(9)10/h7H,1-6H2;1-2,5-6H,(H,7,8)(H,9,10). The van der Waals surface area contributed by atoms with Crippen LogP contribution in [0, 0.1) is 0 Å². The second-order valence-corrected chi connectivity index (χ2v) is 4.09. The van der Waals surface area contributed by atoms with Crippen LogP contribution < -0.4 is 0 Å². The van der Waals surface area contributed by atoms with Crippen molar-refractivity contribution in [2.75, 3.05) is 19.6 Å². The molecule has 0 aromatic heterocycles. The molecule has 8 nitrogen and oxygen atoms in total. The van der Waals surface area contributed by atoms with Crippen molar-refractivity contribution >= 4 is 18.2 Å². The van der Waals surface area contributed by atoms with Gasteiger partial charge in [0.15, 0.2) is 12.2 Å². The lowest BCUT2D eigenvalue weighted by atomic mass is 10.1. The molecule has 2 atom stereocenters. The fraction of sp³-hybridized carbons (Fsp3) is 0.727. The Bertz CT molecular complexity index is 283. The molecule has 0 amide bonds. The molecule has 4 N–H and O–H groups in total. The van der Waals surface area contributed by atoms with E-state index in [0.717, 1.165) is 19.4 Å². The first-order valence-corrected chi connectivity index (χ1v) is 5.88. The number of carboxylic acids is 2. The molecule has 1 rings (SSSR count). The zero-order valence-corrected chi connectivity index (χ0v) is 10.4. The Morgan fingerprint density at radius 2 is 1.42 bits per heavy atom. The summed E-state index contributed by atoms with van der Waals surface area (Å²) < 4.78 is 0. The molecule has 1 aliphatic rings. The molecular weight excluding hydrogens is 258 g/mol. The fourth-order valence-corrected chi connectivity index (χ4v) is 1.52. The third-order valence-corrected chi connectivity index (χ3v) is 2.59. The minimum absolute atomic E-state index is 0.639. The number of aliphatic hydroxyl groups is 2. The van der Waals surface area contributed by atoms with Gasteiger partial charge in [0.2, 0.25) is 0 Å². The normalized spacial score (nSPS) is 18.6. The predicted molar refractivity (Wildman–Crippen MR) is 63.6 cm³/mol. The van der Waals surface area contributed by atoms with Crippen molar-refractivity contribution in [1.29, 1.82) is 0 Å². The van der Waals surface area contributed by atoms with Gasteiger partial charge in [-0.2, -0.15) is 0 Å². The second kappa shape index (κ2) is 9.42. The molecule has 2 unspecified atom stereocenters. The van der Waals surface area contributed by atoms with Crippen LogP contribution in [0.25, 0.3) is 0 Å². The monoisotopic (exact) mass is 277 g/mol. The number of hydrogen-bond donors (Lipinski definition) is 4. The van der Waals surface area contributed by atoms with Crippen molar-refractivity contribution in [2.45, 2.75) is 31.5 Å². The van der Waals surface area contributed by atoms with E-state index in [0.29, 0.717) is 6.54 Å². The molecule has 0 aromatic carbocycles. The minimum atomic E-state index is -2.27. The van der Waals surface area contributed by atoms with E-state index in [1.54, 1.807) is 0 Å². The molecular formula is C11H19NO7. The molecule has 1 fully saturated rings. The number of nitrogens with zero attached hydrogens (tertiary/aromatic N) is 1. The van der Waals surface area contributed by atoms with Crippen LogP contribution in [-0.4, -0.2) is 75.4 Å². The van der Waals surface area contributed by atoms with Crippen molar-refractivity contribution in [2.24, 2.45) is 0 Å². The number of aliphatic carboxylic acids is 2. The molecule has 110 valence electrons. The summed E-state index contributed by atoms with van der Waals surface area (Å²) in [5.74, 6) is -3.54. The lowest BCUT2D eigenvalue weighted by molar-refractivity contribution is -0.165. The van der Waals surface area contributed by atoms with E-state index in [1.165, 1.54) is 19.3 Å². The van der Waals surface area contributed by atoms with E-state index < -0.39 is 24.1 Å². The average Bonchev–Trinajstić information content (AvgIpc) is 2.39. The summed E-state index contributed by atoms with van der Waals surface area (Å²) in [6, 6.07) is 0. The van der Waals surface area contributed by atoms with Crippen molar-refractivity contribution < 1.29 is 34.8 Å². The summed E-state index contributed by atoms with van der Waals surface area (Å²) in [7, 11) is 0. The highest BCUT2D eigenvalue weighted by Crippen LogP contribution is 2.06. The number of rotatable bonds is 5.